The first-order chi connectivity index (χ1) is 13.0. The number of para-hydroxylation sites is 2. The summed E-state index contributed by atoms with van der Waals surface area (Å²) in [6.45, 7) is 3.96. The molecule has 3 aromatic rings. The van der Waals surface area contributed by atoms with Crippen LogP contribution in [-0.4, -0.2) is 51.1 Å². The minimum absolute atomic E-state index is 0.0199. The molecule has 3 heterocycles. The SMILES string of the molecule is C[C@@H]1CN(c2ncccc2Cl)CCN1C(=O)Nc1nc2ccccc2n1C. The van der Waals surface area contributed by atoms with E-state index in [0.29, 0.717) is 30.6 Å². The van der Waals surface area contributed by atoms with Gasteiger partial charge in [0.2, 0.25) is 5.95 Å². The van der Waals surface area contributed by atoms with Crippen molar-refractivity contribution in [1.82, 2.24) is 19.4 Å². The van der Waals surface area contributed by atoms with Gasteiger partial charge in [0, 0.05) is 38.9 Å². The second kappa shape index (κ2) is 7.08. The van der Waals surface area contributed by atoms with Crippen LogP contribution in [-0.2, 0) is 7.05 Å². The fourth-order valence-electron chi connectivity index (χ4n) is 3.49. The number of aryl methyl sites for hydroxylation is 1. The molecule has 1 saturated heterocycles. The standard InChI is InChI=1S/C19H21ClN6O/c1-13-12-25(17-14(20)6-5-9-21-17)10-11-26(13)19(27)23-18-22-15-7-3-4-8-16(15)24(18)2/h3-9,13H,10-12H2,1-2H3,(H,22,23,27)/t13-/m1/s1. The van der Waals surface area contributed by atoms with E-state index in [-0.39, 0.29) is 12.1 Å². The highest BCUT2D eigenvalue weighted by molar-refractivity contribution is 6.32. The summed E-state index contributed by atoms with van der Waals surface area (Å²) in [6, 6.07) is 11.3. The first-order valence-corrected chi connectivity index (χ1v) is 9.27. The van der Waals surface area contributed by atoms with Crippen molar-refractivity contribution in [3.63, 3.8) is 0 Å². The first kappa shape index (κ1) is 17.6. The van der Waals surface area contributed by atoms with E-state index in [0.717, 1.165) is 16.9 Å². The summed E-state index contributed by atoms with van der Waals surface area (Å²) in [5.74, 6) is 1.31. The highest BCUT2D eigenvalue weighted by Gasteiger charge is 2.29. The fourth-order valence-corrected chi connectivity index (χ4v) is 3.73. The number of aromatic nitrogens is 3. The quantitative estimate of drug-likeness (QED) is 0.735. The molecule has 1 aliphatic rings. The van der Waals surface area contributed by atoms with Crippen LogP contribution in [0.4, 0.5) is 16.6 Å². The molecule has 1 atom stereocenters. The predicted molar refractivity (Wildman–Crippen MR) is 107 cm³/mol. The van der Waals surface area contributed by atoms with E-state index >= 15 is 0 Å². The number of pyridine rings is 1. The number of nitrogens with one attached hydrogen (secondary N) is 1. The summed E-state index contributed by atoms with van der Waals surface area (Å²) in [5, 5.41) is 3.57. The van der Waals surface area contributed by atoms with Crippen LogP contribution >= 0.6 is 11.6 Å². The summed E-state index contributed by atoms with van der Waals surface area (Å²) in [7, 11) is 1.90. The van der Waals surface area contributed by atoms with Crippen LogP contribution in [0.25, 0.3) is 11.0 Å². The third kappa shape index (κ3) is 3.30. The Morgan fingerprint density at radius 2 is 2.04 bits per heavy atom. The van der Waals surface area contributed by atoms with Gasteiger partial charge in [0.1, 0.15) is 5.82 Å². The molecule has 0 saturated carbocycles. The van der Waals surface area contributed by atoms with Crippen molar-refractivity contribution in [2.75, 3.05) is 29.9 Å². The van der Waals surface area contributed by atoms with Gasteiger partial charge in [-0.1, -0.05) is 23.7 Å². The number of nitrogens with zero attached hydrogens (tertiary/aromatic N) is 5. The van der Waals surface area contributed by atoms with E-state index in [9.17, 15) is 4.79 Å². The van der Waals surface area contributed by atoms with Crippen LogP contribution in [0.1, 0.15) is 6.92 Å². The van der Waals surface area contributed by atoms with Crippen molar-refractivity contribution in [2.24, 2.45) is 7.05 Å². The molecule has 0 bridgehead atoms. The van der Waals surface area contributed by atoms with Crippen molar-refractivity contribution in [3.05, 3.63) is 47.6 Å². The molecule has 0 unspecified atom stereocenters. The number of piperazine rings is 1. The van der Waals surface area contributed by atoms with E-state index in [1.807, 2.05) is 59.8 Å². The number of urea groups is 1. The minimum Gasteiger partial charge on any atom is -0.352 e. The molecule has 1 fully saturated rings. The zero-order chi connectivity index (χ0) is 19.0. The number of imidazole rings is 1. The minimum atomic E-state index is -0.146. The third-order valence-electron chi connectivity index (χ3n) is 4.93. The number of amides is 2. The molecule has 1 aliphatic heterocycles. The Labute approximate surface area is 162 Å². The predicted octanol–water partition coefficient (Wildman–Crippen LogP) is 3.36. The lowest BCUT2D eigenvalue weighted by molar-refractivity contribution is 0.184. The van der Waals surface area contributed by atoms with Gasteiger partial charge in [0.05, 0.1) is 16.1 Å². The molecule has 27 heavy (non-hydrogen) atoms. The van der Waals surface area contributed by atoms with E-state index in [2.05, 4.69) is 20.2 Å². The highest BCUT2D eigenvalue weighted by Crippen LogP contribution is 2.25. The maximum atomic E-state index is 12.8. The van der Waals surface area contributed by atoms with Crippen molar-refractivity contribution in [2.45, 2.75) is 13.0 Å². The molecule has 0 radical (unpaired) electrons. The van der Waals surface area contributed by atoms with Gasteiger partial charge in [0.25, 0.3) is 0 Å². The molecule has 4 rings (SSSR count). The second-order valence-electron chi connectivity index (χ2n) is 6.71. The van der Waals surface area contributed by atoms with E-state index in [4.69, 9.17) is 11.6 Å². The fraction of sp³-hybridized carbons (Fsp3) is 0.316. The number of hydrogen-bond donors (Lipinski definition) is 1. The summed E-state index contributed by atoms with van der Waals surface area (Å²) in [5.41, 5.74) is 1.84. The van der Waals surface area contributed by atoms with Crippen LogP contribution in [0.5, 0.6) is 0 Å². The van der Waals surface area contributed by atoms with Gasteiger partial charge in [0.15, 0.2) is 0 Å². The molecule has 7 nitrogen and oxygen atoms in total. The first-order valence-electron chi connectivity index (χ1n) is 8.89. The number of carbonyl (C=O) groups is 1. The molecule has 2 aromatic heterocycles. The highest BCUT2D eigenvalue weighted by atomic mass is 35.5. The molecule has 140 valence electrons. The van der Waals surface area contributed by atoms with E-state index in [1.54, 1.807) is 6.20 Å². The van der Waals surface area contributed by atoms with Gasteiger partial charge in [-0.3, -0.25) is 5.32 Å². The number of rotatable bonds is 2. The molecule has 0 spiro atoms. The lowest BCUT2D eigenvalue weighted by Gasteiger charge is -2.40. The van der Waals surface area contributed by atoms with Gasteiger partial charge >= 0.3 is 6.03 Å². The normalized spacial score (nSPS) is 17.4. The van der Waals surface area contributed by atoms with Crippen molar-refractivity contribution >= 4 is 40.4 Å². The second-order valence-corrected chi connectivity index (χ2v) is 7.12. The average Bonchev–Trinajstić information content (AvgIpc) is 2.98. The third-order valence-corrected chi connectivity index (χ3v) is 5.23. The molecular weight excluding hydrogens is 364 g/mol. The van der Waals surface area contributed by atoms with Crippen molar-refractivity contribution in [1.29, 1.82) is 0 Å². The number of fused-ring (bicyclic) bond motifs is 1. The Balaban J connectivity index is 1.47. The monoisotopic (exact) mass is 384 g/mol. The lowest BCUT2D eigenvalue weighted by atomic mass is 10.2. The van der Waals surface area contributed by atoms with Crippen LogP contribution in [0.2, 0.25) is 5.02 Å². The van der Waals surface area contributed by atoms with E-state index in [1.165, 1.54) is 0 Å². The average molecular weight is 385 g/mol. The molecule has 1 aromatic carbocycles. The molecule has 0 aliphatic carbocycles. The van der Waals surface area contributed by atoms with Gasteiger partial charge < -0.3 is 14.4 Å². The van der Waals surface area contributed by atoms with Gasteiger partial charge in [-0.25, -0.2) is 14.8 Å². The summed E-state index contributed by atoms with van der Waals surface area (Å²) in [4.78, 5) is 25.6. The van der Waals surface area contributed by atoms with Crippen LogP contribution < -0.4 is 10.2 Å². The van der Waals surface area contributed by atoms with Crippen molar-refractivity contribution < 1.29 is 4.79 Å². The number of anilines is 2. The lowest BCUT2D eigenvalue weighted by Crippen LogP contribution is -2.55. The zero-order valence-corrected chi connectivity index (χ0v) is 16.0. The van der Waals surface area contributed by atoms with Crippen LogP contribution in [0.3, 0.4) is 0 Å². The maximum absolute atomic E-state index is 12.8. The number of benzene rings is 1. The summed E-state index contributed by atoms with van der Waals surface area (Å²) >= 11 is 6.26. The summed E-state index contributed by atoms with van der Waals surface area (Å²) in [6.07, 6.45) is 1.73. The topological polar surface area (TPSA) is 66.3 Å². The molecule has 1 N–H and O–H groups in total. The van der Waals surface area contributed by atoms with Crippen LogP contribution in [0, 0.1) is 0 Å². The molecule has 8 heteroatoms. The Morgan fingerprint density at radius 1 is 1.22 bits per heavy atom. The summed E-state index contributed by atoms with van der Waals surface area (Å²) < 4.78 is 1.89. The number of halogens is 1. The van der Waals surface area contributed by atoms with E-state index < -0.39 is 0 Å². The zero-order valence-electron chi connectivity index (χ0n) is 15.3. The number of hydrogen-bond acceptors (Lipinski definition) is 4. The molecular formula is C19H21ClN6O. The maximum Gasteiger partial charge on any atom is 0.324 e. The molecule has 2 amide bonds. The Bertz CT molecular complexity index is 987. The largest absolute Gasteiger partial charge is 0.352 e. The Hall–Kier alpha value is -2.80. The Kier molecular flexibility index (Phi) is 4.61. The Morgan fingerprint density at radius 3 is 2.78 bits per heavy atom. The number of carbonyl (C=O) groups excluding carboxylic acids is 1. The van der Waals surface area contributed by atoms with Crippen molar-refractivity contribution in [3.8, 4) is 0 Å². The van der Waals surface area contributed by atoms with Gasteiger partial charge in [-0.2, -0.15) is 0 Å². The van der Waals surface area contributed by atoms with Gasteiger partial charge in [-0.05, 0) is 31.2 Å². The smallest absolute Gasteiger partial charge is 0.324 e. The van der Waals surface area contributed by atoms with Crippen LogP contribution in [0.15, 0.2) is 42.6 Å². The van der Waals surface area contributed by atoms with Gasteiger partial charge in [-0.15, -0.1) is 0 Å².